The summed E-state index contributed by atoms with van der Waals surface area (Å²) in [7, 11) is 0. The minimum Gasteiger partial charge on any atom is -0.490 e. The minimum absolute atomic E-state index is 0.246. The molecule has 3 heterocycles. The molecule has 0 spiro atoms. The van der Waals surface area contributed by atoms with Crippen LogP contribution in [0.1, 0.15) is 34.2 Å². The number of ether oxygens (including phenoxy) is 1. The molecule has 0 radical (unpaired) electrons. The molecule has 0 aliphatic rings. The fourth-order valence-corrected chi connectivity index (χ4v) is 3.93. The van der Waals surface area contributed by atoms with Gasteiger partial charge < -0.3 is 4.74 Å². The third kappa shape index (κ3) is 3.61. The molecule has 0 saturated carbocycles. The van der Waals surface area contributed by atoms with Crippen molar-refractivity contribution in [1.29, 1.82) is 0 Å². The van der Waals surface area contributed by atoms with Crippen LogP contribution in [0.4, 0.5) is 5.13 Å². The summed E-state index contributed by atoms with van der Waals surface area (Å²) >= 11 is 1.41. The fourth-order valence-electron chi connectivity index (χ4n) is 3.22. The summed E-state index contributed by atoms with van der Waals surface area (Å²) in [6.07, 6.45) is 1.81. The number of hydrogen-bond acceptors (Lipinski definition) is 5. The van der Waals surface area contributed by atoms with Crippen LogP contribution >= 0.6 is 11.3 Å². The van der Waals surface area contributed by atoms with Crippen molar-refractivity contribution in [3.05, 3.63) is 64.4 Å². The van der Waals surface area contributed by atoms with E-state index in [9.17, 15) is 4.79 Å². The molecule has 0 unspecified atom stereocenters. The van der Waals surface area contributed by atoms with Gasteiger partial charge in [-0.3, -0.25) is 14.5 Å². The topological polar surface area (TPSA) is 68.5 Å². The molecule has 3 aromatic heterocycles. The maximum atomic E-state index is 13.0. The van der Waals surface area contributed by atoms with E-state index in [1.165, 1.54) is 22.5 Å². The molecular weight excluding hydrogens is 384 g/mol. The number of thiazole rings is 1. The minimum atomic E-state index is -0.246. The lowest BCUT2D eigenvalue weighted by Crippen LogP contribution is -2.15. The van der Waals surface area contributed by atoms with Gasteiger partial charge in [-0.05, 0) is 57.0 Å². The average Bonchev–Trinajstić information content (AvgIpc) is 3.28. The van der Waals surface area contributed by atoms with Crippen LogP contribution in [0.3, 0.4) is 0 Å². The summed E-state index contributed by atoms with van der Waals surface area (Å²) in [6, 6.07) is 9.94. The van der Waals surface area contributed by atoms with Gasteiger partial charge in [-0.2, -0.15) is 0 Å². The van der Waals surface area contributed by atoms with E-state index in [0.717, 1.165) is 11.3 Å². The maximum absolute atomic E-state index is 13.0. The van der Waals surface area contributed by atoms with Gasteiger partial charge in [-0.1, -0.05) is 12.1 Å². The van der Waals surface area contributed by atoms with Crippen molar-refractivity contribution in [2.75, 3.05) is 11.9 Å². The van der Waals surface area contributed by atoms with E-state index in [-0.39, 0.29) is 5.91 Å². The van der Waals surface area contributed by atoms with E-state index in [4.69, 9.17) is 4.74 Å². The molecule has 29 heavy (non-hydrogen) atoms. The van der Waals surface area contributed by atoms with Crippen molar-refractivity contribution in [3.63, 3.8) is 0 Å². The lowest BCUT2D eigenvalue weighted by atomic mass is 10.1. The van der Waals surface area contributed by atoms with Crippen molar-refractivity contribution in [3.8, 4) is 17.0 Å². The van der Waals surface area contributed by atoms with Gasteiger partial charge in [0.2, 0.25) is 0 Å². The van der Waals surface area contributed by atoms with Crippen molar-refractivity contribution in [2.45, 2.75) is 27.7 Å². The Morgan fingerprint density at radius 2 is 2.00 bits per heavy atom. The molecule has 0 bridgehead atoms. The molecule has 148 valence electrons. The number of carbonyl (C=O) groups excluding carboxylic acids is 1. The average molecular weight is 407 g/mol. The number of amides is 1. The van der Waals surface area contributed by atoms with Crippen molar-refractivity contribution in [1.82, 2.24) is 14.4 Å². The second-order valence-electron chi connectivity index (χ2n) is 6.84. The van der Waals surface area contributed by atoms with Gasteiger partial charge in [0.25, 0.3) is 5.91 Å². The van der Waals surface area contributed by atoms with Crippen LogP contribution in [-0.4, -0.2) is 26.9 Å². The Labute approximate surface area is 173 Å². The number of rotatable bonds is 5. The summed E-state index contributed by atoms with van der Waals surface area (Å²) in [5, 5.41) is 5.42. The highest BCUT2D eigenvalue weighted by atomic mass is 32.1. The lowest BCUT2D eigenvalue weighted by Gasteiger charge is -2.06. The molecule has 7 heteroatoms. The highest BCUT2D eigenvalue weighted by molar-refractivity contribution is 7.14. The quantitative estimate of drug-likeness (QED) is 0.504. The Morgan fingerprint density at radius 1 is 1.17 bits per heavy atom. The van der Waals surface area contributed by atoms with Crippen LogP contribution in [0.15, 0.2) is 41.9 Å². The number of aromatic nitrogens is 3. The molecule has 4 rings (SSSR count). The number of anilines is 1. The van der Waals surface area contributed by atoms with Crippen LogP contribution in [-0.2, 0) is 0 Å². The number of pyridine rings is 1. The van der Waals surface area contributed by atoms with Gasteiger partial charge in [-0.25, -0.2) is 9.97 Å². The zero-order valence-electron chi connectivity index (χ0n) is 16.8. The lowest BCUT2D eigenvalue weighted by molar-refractivity contribution is 0.102. The van der Waals surface area contributed by atoms with E-state index >= 15 is 0 Å². The molecule has 0 saturated heterocycles. The van der Waals surface area contributed by atoms with Gasteiger partial charge in [0.05, 0.1) is 18.0 Å². The van der Waals surface area contributed by atoms with E-state index < -0.39 is 0 Å². The largest absolute Gasteiger partial charge is 0.490 e. The number of carbonyl (C=O) groups is 1. The Hall–Kier alpha value is -3.19. The SMILES string of the molecule is CCOc1cccn2c(C(=O)Nc3nc(-c4ccc(C)c(C)c4)cs3)c(C)nc12. The van der Waals surface area contributed by atoms with Crippen molar-refractivity contribution >= 4 is 28.0 Å². The summed E-state index contributed by atoms with van der Waals surface area (Å²) < 4.78 is 7.39. The fraction of sp³-hybridized carbons (Fsp3) is 0.227. The monoisotopic (exact) mass is 406 g/mol. The first-order valence-corrected chi connectivity index (χ1v) is 10.3. The molecule has 0 atom stereocenters. The predicted molar refractivity (Wildman–Crippen MR) is 116 cm³/mol. The number of hydrogen-bond donors (Lipinski definition) is 1. The molecule has 0 fully saturated rings. The summed E-state index contributed by atoms with van der Waals surface area (Å²) in [5.41, 5.74) is 6.09. The second kappa shape index (κ2) is 7.67. The number of aryl methyl sites for hydroxylation is 3. The predicted octanol–water partition coefficient (Wildman–Crippen LogP) is 5.03. The van der Waals surface area contributed by atoms with Crippen LogP contribution in [0.25, 0.3) is 16.9 Å². The van der Waals surface area contributed by atoms with Crippen LogP contribution in [0, 0.1) is 20.8 Å². The second-order valence-corrected chi connectivity index (χ2v) is 7.69. The molecule has 0 aliphatic heterocycles. The normalized spacial score (nSPS) is 11.0. The van der Waals surface area contributed by atoms with Crippen molar-refractivity contribution < 1.29 is 9.53 Å². The van der Waals surface area contributed by atoms with Crippen LogP contribution < -0.4 is 10.1 Å². The third-order valence-corrected chi connectivity index (χ3v) is 5.59. The molecule has 1 aromatic carbocycles. The highest BCUT2D eigenvalue weighted by Gasteiger charge is 2.20. The first-order valence-electron chi connectivity index (χ1n) is 9.43. The first kappa shape index (κ1) is 19.1. The molecular formula is C22H22N4O2S. The van der Waals surface area contributed by atoms with E-state index in [1.807, 2.05) is 43.6 Å². The first-order chi connectivity index (χ1) is 14.0. The standard InChI is InChI=1S/C22H22N4O2S/c1-5-28-18-7-6-10-26-19(15(4)23-20(18)26)21(27)25-22-24-17(12-29-22)16-9-8-13(2)14(3)11-16/h6-12H,5H2,1-4H3,(H,24,25,27). The summed E-state index contributed by atoms with van der Waals surface area (Å²) in [5.74, 6) is 0.410. The van der Waals surface area contributed by atoms with Gasteiger partial charge in [0.1, 0.15) is 5.69 Å². The number of fused-ring (bicyclic) bond motifs is 1. The van der Waals surface area contributed by atoms with E-state index in [0.29, 0.717) is 34.5 Å². The van der Waals surface area contributed by atoms with Gasteiger partial charge >= 0.3 is 0 Å². The van der Waals surface area contributed by atoms with E-state index in [2.05, 4.69) is 41.3 Å². The third-order valence-electron chi connectivity index (χ3n) is 4.83. The molecule has 4 aromatic rings. The molecule has 1 amide bonds. The van der Waals surface area contributed by atoms with Gasteiger partial charge in [-0.15, -0.1) is 11.3 Å². The van der Waals surface area contributed by atoms with Gasteiger partial charge in [0, 0.05) is 17.1 Å². The van der Waals surface area contributed by atoms with E-state index in [1.54, 1.807) is 4.40 Å². The van der Waals surface area contributed by atoms with Crippen molar-refractivity contribution in [2.24, 2.45) is 0 Å². The Morgan fingerprint density at radius 3 is 2.76 bits per heavy atom. The Kier molecular flexibility index (Phi) is 5.07. The Bertz CT molecular complexity index is 1210. The smallest absolute Gasteiger partial charge is 0.276 e. The maximum Gasteiger partial charge on any atom is 0.276 e. The highest BCUT2D eigenvalue weighted by Crippen LogP contribution is 2.28. The summed E-state index contributed by atoms with van der Waals surface area (Å²) in [4.78, 5) is 22.1. The number of imidazole rings is 1. The molecule has 1 N–H and O–H groups in total. The number of nitrogens with one attached hydrogen (secondary N) is 1. The number of benzene rings is 1. The zero-order chi connectivity index (χ0) is 20.5. The summed E-state index contributed by atoms with van der Waals surface area (Å²) in [6.45, 7) is 8.44. The number of nitrogens with zero attached hydrogens (tertiary/aromatic N) is 3. The zero-order valence-corrected chi connectivity index (χ0v) is 17.6. The molecule has 6 nitrogen and oxygen atoms in total. The van der Waals surface area contributed by atoms with Crippen LogP contribution in [0.2, 0.25) is 0 Å². The van der Waals surface area contributed by atoms with Gasteiger partial charge in [0.15, 0.2) is 16.5 Å². The molecule has 0 aliphatic carbocycles. The Balaban J connectivity index is 1.62. The van der Waals surface area contributed by atoms with Crippen LogP contribution in [0.5, 0.6) is 5.75 Å².